The summed E-state index contributed by atoms with van der Waals surface area (Å²) in [5.74, 6) is 0. The highest BCUT2D eigenvalue weighted by Crippen LogP contribution is 2.34. The molecule has 0 aliphatic heterocycles. The van der Waals surface area contributed by atoms with Crippen LogP contribution in [0.5, 0.6) is 0 Å². The second-order valence-electron chi connectivity index (χ2n) is 9.73. The molecule has 0 spiro atoms. The second kappa shape index (κ2) is 14.2. The molecule has 1 aliphatic rings. The van der Waals surface area contributed by atoms with E-state index < -0.39 is 0 Å². The quantitative estimate of drug-likeness (QED) is 0.226. The summed E-state index contributed by atoms with van der Waals surface area (Å²) in [7, 11) is 0. The van der Waals surface area contributed by atoms with E-state index in [2.05, 4.69) is 124 Å². The maximum Gasteiger partial charge on any atom is 0.207 e. The number of aryl methyl sites for hydroxylation is 2. The zero-order valence-electron chi connectivity index (χ0n) is 23.7. The lowest BCUT2D eigenvalue weighted by atomic mass is 9.93. The first-order valence-corrected chi connectivity index (χ1v) is 14.3. The SMILES string of the molecule is CCN(CC)C(=CC=C1CCCC(C=CC(c2ccc(C)cc2)=[N+](CC)CC)=C1Cl)c1ccc(C)cc1. The van der Waals surface area contributed by atoms with Crippen molar-refractivity contribution in [3.8, 4) is 0 Å². The van der Waals surface area contributed by atoms with Gasteiger partial charge in [0.1, 0.15) is 13.1 Å². The highest BCUT2D eigenvalue weighted by atomic mass is 35.5. The molecule has 0 bridgehead atoms. The number of rotatable bonds is 10. The monoisotopic (exact) mass is 515 g/mol. The first-order chi connectivity index (χ1) is 17.9. The van der Waals surface area contributed by atoms with Crippen LogP contribution in [0.15, 0.2) is 89.0 Å². The fraction of sp³-hybridized carbons (Fsp3) is 0.382. The Balaban J connectivity index is 1.99. The van der Waals surface area contributed by atoms with Crippen LogP contribution in [0, 0.1) is 13.8 Å². The average molecular weight is 516 g/mol. The summed E-state index contributed by atoms with van der Waals surface area (Å²) in [6.07, 6.45) is 12.2. The lowest BCUT2D eigenvalue weighted by Gasteiger charge is -2.25. The van der Waals surface area contributed by atoms with Crippen LogP contribution in [-0.4, -0.2) is 41.4 Å². The van der Waals surface area contributed by atoms with Crippen molar-refractivity contribution in [2.75, 3.05) is 26.2 Å². The van der Waals surface area contributed by atoms with Crippen molar-refractivity contribution in [1.82, 2.24) is 4.90 Å². The molecule has 0 N–H and O–H groups in total. The minimum absolute atomic E-state index is 0.907. The Morgan fingerprint density at radius 3 is 1.95 bits per heavy atom. The Kier molecular flexibility index (Phi) is 11.0. The molecule has 1 aliphatic carbocycles. The largest absolute Gasteiger partial charge is 0.372 e. The Morgan fingerprint density at radius 2 is 1.41 bits per heavy atom. The Bertz CT molecular complexity index is 1180. The van der Waals surface area contributed by atoms with Gasteiger partial charge in [-0.1, -0.05) is 71.3 Å². The van der Waals surface area contributed by atoms with Gasteiger partial charge in [-0.2, -0.15) is 0 Å². The Labute approximate surface area is 230 Å². The third kappa shape index (κ3) is 7.58. The number of halogens is 1. The third-order valence-corrected chi connectivity index (χ3v) is 7.73. The van der Waals surface area contributed by atoms with Crippen LogP contribution in [0.1, 0.15) is 69.2 Å². The molecule has 3 heteroatoms. The zero-order chi connectivity index (χ0) is 26.8. The van der Waals surface area contributed by atoms with Crippen LogP contribution in [0.25, 0.3) is 5.70 Å². The second-order valence-corrected chi connectivity index (χ2v) is 10.1. The molecule has 0 unspecified atom stereocenters. The topological polar surface area (TPSA) is 6.25 Å². The molecule has 0 amide bonds. The fourth-order valence-corrected chi connectivity index (χ4v) is 5.23. The van der Waals surface area contributed by atoms with E-state index in [-0.39, 0.29) is 0 Å². The van der Waals surface area contributed by atoms with E-state index >= 15 is 0 Å². The van der Waals surface area contributed by atoms with Crippen LogP contribution in [0.4, 0.5) is 0 Å². The molecule has 0 atom stereocenters. The lowest BCUT2D eigenvalue weighted by molar-refractivity contribution is -0.519. The van der Waals surface area contributed by atoms with Gasteiger partial charge in [-0.3, -0.25) is 0 Å². The van der Waals surface area contributed by atoms with Crippen molar-refractivity contribution in [1.29, 1.82) is 0 Å². The third-order valence-electron chi connectivity index (χ3n) is 7.24. The number of nitrogens with zero attached hydrogens (tertiary/aromatic N) is 2. The van der Waals surface area contributed by atoms with Crippen molar-refractivity contribution >= 4 is 23.0 Å². The van der Waals surface area contributed by atoms with Gasteiger partial charge in [0.2, 0.25) is 5.71 Å². The molecule has 0 saturated heterocycles. The molecule has 0 saturated carbocycles. The van der Waals surface area contributed by atoms with Crippen LogP contribution < -0.4 is 0 Å². The van der Waals surface area contributed by atoms with E-state index in [0.29, 0.717) is 0 Å². The number of allylic oxidation sites excluding steroid dienone is 7. The van der Waals surface area contributed by atoms with Gasteiger partial charge in [-0.05, 0) is 95.7 Å². The summed E-state index contributed by atoms with van der Waals surface area (Å²) in [6.45, 7) is 17.0. The fourth-order valence-electron chi connectivity index (χ4n) is 4.91. The summed E-state index contributed by atoms with van der Waals surface area (Å²) in [5, 5.41) is 0.907. The molecule has 0 heterocycles. The molecule has 196 valence electrons. The summed E-state index contributed by atoms with van der Waals surface area (Å²) in [6, 6.07) is 17.6. The van der Waals surface area contributed by atoms with Crippen molar-refractivity contribution < 1.29 is 4.58 Å². The van der Waals surface area contributed by atoms with Crippen molar-refractivity contribution in [3.05, 3.63) is 111 Å². The average Bonchev–Trinajstić information content (AvgIpc) is 2.91. The lowest BCUT2D eigenvalue weighted by Crippen LogP contribution is -2.21. The van der Waals surface area contributed by atoms with Crippen molar-refractivity contribution in [2.24, 2.45) is 0 Å². The van der Waals surface area contributed by atoms with E-state index in [1.54, 1.807) is 0 Å². The Hall–Kier alpha value is -2.84. The summed E-state index contributed by atoms with van der Waals surface area (Å²) >= 11 is 7.04. The minimum atomic E-state index is 0.907. The van der Waals surface area contributed by atoms with Gasteiger partial charge in [0.25, 0.3) is 0 Å². The zero-order valence-corrected chi connectivity index (χ0v) is 24.4. The van der Waals surface area contributed by atoms with E-state index in [9.17, 15) is 0 Å². The van der Waals surface area contributed by atoms with Gasteiger partial charge in [0.05, 0.1) is 0 Å². The molecule has 2 nitrogen and oxygen atoms in total. The first-order valence-electron chi connectivity index (χ1n) is 13.9. The molecular weight excluding hydrogens is 472 g/mol. The summed E-state index contributed by atoms with van der Waals surface area (Å²) < 4.78 is 2.41. The molecule has 2 aromatic carbocycles. The predicted molar refractivity (Wildman–Crippen MR) is 163 cm³/mol. The van der Waals surface area contributed by atoms with E-state index in [1.807, 2.05) is 0 Å². The van der Waals surface area contributed by atoms with Gasteiger partial charge >= 0.3 is 0 Å². The predicted octanol–water partition coefficient (Wildman–Crippen LogP) is 8.69. The van der Waals surface area contributed by atoms with E-state index in [0.717, 1.165) is 50.5 Å². The molecule has 2 aromatic rings. The van der Waals surface area contributed by atoms with Gasteiger partial charge in [-0.15, -0.1) is 0 Å². The maximum absolute atomic E-state index is 7.04. The van der Waals surface area contributed by atoms with E-state index in [4.69, 9.17) is 11.6 Å². The molecule has 3 rings (SSSR count). The number of benzene rings is 2. The van der Waals surface area contributed by atoms with Crippen molar-refractivity contribution in [3.63, 3.8) is 0 Å². The molecule has 0 fully saturated rings. The van der Waals surface area contributed by atoms with Crippen LogP contribution in [0.2, 0.25) is 0 Å². The van der Waals surface area contributed by atoms with Gasteiger partial charge < -0.3 is 4.90 Å². The van der Waals surface area contributed by atoms with Gasteiger partial charge in [-0.25, -0.2) is 4.58 Å². The van der Waals surface area contributed by atoms with Crippen LogP contribution in [-0.2, 0) is 0 Å². The highest BCUT2D eigenvalue weighted by Gasteiger charge is 2.17. The summed E-state index contributed by atoms with van der Waals surface area (Å²) in [4.78, 5) is 2.41. The van der Waals surface area contributed by atoms with E-state index in [1.165, 1.54) is 44.8 Å². The minimum Gasteiger partial charge on any atom is -0.372 e. The molecule has 0 aromatic heterocycles. The van der Waals surface area contributed by atoms with Crippen molar-refractivity contribution in [2.45, 2.75) is 60.8 Å². The number of hydrogen-bond donors (Lipinski definition) is 0. The maximum atomic E-state index is 7.04. The standard InChI is InChI=1S/C34H44ClN2/c1-7-36(8-2)32(28-18-14-26(5)15-19-28)24-22-30-12-11-13-31(34(30)35)23-25-33(37(9-3)10-4)29-20-16-27(6)17-21-29/h14-25H,7-13H2,1-6H3/q+1. The van der Waals surface area contributed by atoms with Gasteiger partial charge in [0.15, 0.2) is 0 Å². The van der Waals surface area contributed by atoms with Gasteiger partial charge in [0, 0.05) is 35.5 Å². The van der Waals surface area contributed by atoms with Crippen LogP contribution in [0.3, 0.4) is 0 Å². The summed E-state index contributed by atoms with van der Waals surface area (Å²) in [5.41, 5.74) is 10.0. The smallest absolute Gasteiger partial charge is 0.207 e. The molecule has 37 heavy (non-hydrogen) atoms. The number of hydrogen-bond acceptors (Lipinski definition) is 1. The Morgan fingerprint density at radius 1 is 0.838 bits per heavy atom. The highest BCUT2D eigenvalue weighted by molar-refractivity contribution is 6.32. The molecular formula is C34H44ClN2+. The molecule has 0 radical (unpaired) electrons. The normalized spacial score (nSPS) is 15.5. The van der Waals surface area contributed by atoms with Crippen LogP contribution >= 0.6 is 11.6 Å². The first kappa shape index (κ1) is 28.7.